The van der Waals surface area contributed by atoms with E-state index in [2.05, 4.69) is 11.5 Å². The Bertz CT molecular complexity index is 2490. The molecule has 0 aliphatic carbocycles. The topological polar surface area (TPSA) is 104 Å². The van der Waals surface area contributed by atoms with Gasteiger partial charge in [0.15, 0.2) is 0 Å². The van der Waals surface area contributed by atoms with Gasteiger partial charge in [0.25, 0.3) is 5.91 Å². The fourth-order valence-corrected chi connectivity index (χ4v) is 8.73. The summed E-state index contributed by atoms with van der Waals surface area (Å²) >= 11 is 13.5. The summed E-state index contributed by atoms with van der Waals surface area (Å²) < 4.78 is 17.6. The van der Waals surface area contributed by atoms with Crippen molar-refractivity contribution in [3.8, 4) is 22.6 Å². The number of rotatable bonds is 9. The van der Waals surface area contributed by atoms with E-state index in [0.29, 0.717) is 64.6 Å². The summed E-state index contributed by atoms with van der Waals surface area (Å²) in [6, 6.07) is 11.3. The van der Waals surface area contributed by atoms with Crippen LogP contribution in [0.4, 0.5) is 5.69 Å². The first-order chi connectivity index (χ1) is 25.2. The number of anilines is 1. The maximum Gasteiger partial charge on any atom is 0.352 e. The second-order valence-corrected chi connectivity index (χ2v) is 14.9. The Labute approximate surface area is 318 Å². The Balaban J connectivity index is 1.41. The molecule has 4 heterocycles. The number of carboxylic acid groups (broad SMARTS) is 1. The molecule has 0 saturated heterocycles. The van der Waals surface area contributed by atoms with Crippen molar-refractivity contribution < 1.29 is 24.2 Å². The number of carboxylic acids is 1. The van der Waals surface area contributed by atoms with Crippen LogP contribution in [0.5, 0.6) is 11.5 Å². The molecule has 12 heteroatoms. The third-order valence-corrected chi connectivity index (χ3v) is 11.7. The second-order valence-electron chi connectivity index (χ2n) is 14.1. The van der Waals surface area contributed by atoms with Crippen molar-refractivity contribution in [1.82, 2.24) is 18.9 Å². The zero-order valence-corrected chi connectivity index (χ0v) is 33.0. The quantitative estimate of drug-likeness (QED) is 0.148. The number of hydrogen-bond acceptors (Lipinski definition) is 5. The Morgan fingerprint density at radius 1 is 1.00 bits per heavy atom. The molecule has 1 aliphatic heterocycles. The summed E-state index contributed by atoms with van der Waals surface area (Å²) in [4.78, 5) is 29.4. The largest absolute Gasteiger partial charge is 0.496 e. The summed E-state index contributed by atoms with van der Waals surface area (Å²) in [7, 11) is 5.20. The number of carbonyl (C=O) groups excluding carboxylic acids is 1. The molecule has 1 atom stereocenters. The van der Waals surface area contributed by atoms with Gasteiger partial charge in [0.2, 0.25) is 0 Å². The highest BCUT2D eigenvalue weighted by Crippen LogP contribution is 2.46. The molecule has 53 heavy (non-hydrogen) atoms. The zero-order valence-electron chi connectivity index (χ0n) is 31.4. The molecular weight excluding hydrogens is 713 g/mol. The molecule has 3 aromatic heterocycles. The molecule has 7 rings (SSSR count). The number of fused-ring (bicyclic) bond motifs is 4. The average molecular weight is 757 g/mol. The van der Waals surface area contributed by atoms with Gasteiger partial charge in [0, 0.05) is 59.3 Å². The maximum absolute atomic E-state index is 15.2. The Morgan fingerprint density at radius 2 is 1.70 bits per heavy atom. The molecule has 0 spiro atoms. The lowest BCUT2D eigenvalue weighted by atomic mass is 9.98. The Hall–Kier alpha value is -4.93. The van der Waals surface area contributed by atoms with E-state index < -0.39 is 5.97 Å². The summed E-state index contributed by atoms with van der Waals surface area (Å²) in [5.74, 6) is 0.0709. The highest BCUT2D eigenvalue weighted by molar-refractivity contribution is 6.35. The number of benzene rings is 3. The van der Waals surface area contributed by atoms with Crippen LogP contribution in [-0.2, 0) is 20.5 Å². The van der Waals surface area contributed by atoms with Crippen LogP contribution < -0.4 is 14.4 Å². The van der Waals surface area contributed by atoms with E-state index in [-0.39, 0.29) is 17.6 Å². The van der Waals surface area contributed by atoms with E-state index >= 15 is 4.79 Å². The summed E-state index contributed by atoms with van der Waals surface area (Å²) in [5, 5.41) is 17.8. The van der Waals surface area contributed by atoms with Gasteiger partial charge in [-0.25, -0.2) is 4.79 Å². The van der Waals surface area contributed by atoms with Crippen molar-refractivity contribution in [3.05, 3.63) is 91.5 Å². The number of ether oxygens (including phenoxy) is 2. The number of hydrogen-bond donors (Lipinski definition) is 1. The van der Waals surface area contributed by atoms with Crippen molar-refractivity contribution in [1.29, 1.82) is 0 Å². The fourth-order valence-electron chi connectivity index (χ4n) is 8.37. The minimum Gasteiger partial charge on any atom is -0.496 e. The molecule has 1 amide bonds. The van der Waals surface area contributed by atoms with E-state index in [1.165, 1.54) is 0 Å². The number of nitrogens with zero attached hydrogens (tertiary/aromatic N) is 5. The summed E-state index contributed by atoms with van der Waals surface area (Å²) in [6.45, 7) is 12.6. The van der Waals surface area contributed by atoms with Crippen molar-refractivity contribution in [3.63, 3.8) is 0 Å². The van der Waals surface area contributed by atoms with Gasteiger partial charge >= 0.3 is 5.97 Å². The van der Waals surface area contributed by atoms with Crippen LogP contribution >= 0.6 is 23.2 Å². The highest BCUT2D eigenvalue weighted by atomic mass is 35.5. The van der Waals surface area contributed by atoms with Crippen molar-refractivity contribution in [2.24, 2.45) is 14.1 Å². The van der Waals surface area contributed by atoms with Gasteiger partial charge < -0.3 is 28.6 Å². The average Bonchev–Trinajstić information content (AvgIpc) is 3.68. The van der Waals surface area contributed by atoms with Crippen LogP contribution in [0, 0.1) is 34.6 Å². The van der Waals surface area contributed by atoms with Crippen LogP contribution in [0.2, 0.25) is 10.0 Å². The molecule has 3 aromatic carbocycles. The highest BCUT2D eigenvalue weighted by Gasteiger charge is 2.38. The lowest BCUT2D eigenvalue weighted by molar-refractivity contribution is 0.0686. The maximum atomic E-state index is 15.2. The molecule has 0 radical (unpaired) electrons. The van der Waals surface area contributed by atoms with Crippen LogP contribution in [-0.4, -0.2) is 56.2 Å². The predicted octanol–water partition coefficient (Wildman–Crippen LogP) is 9.32. The van der Waals surface area contributed by atoms with Gasteiger partial charge in [-0.2, -0.15) is 5.10 Å². The predicted molar refractivity (Wildman–Crippen MR) is 211 cm³/mol. The number of aryl methyl sites for hydroxylation is 7. The number of amides is 1. The molecule has 10 nitrogen and oxygen atoms in total. The number of aromatic carboxylic acids is 1. The molecular formula is C41H43Cl2N5O5. The van der Waals surface area contributed by atoms with Crippen molar-refractivity contribution >= 4 is 62.6 Å². The zero-order chi connectivity index (χ0) is 38.2. The normalized spacial score (nSPS) is 14.4. The smallest absolute Gasteiger partial charge is 0.352 e. The molecule has 6 aromatic rings. The number of aromatic nitrogens is 4. The van der Waals surface area contributed by atoms with E-state index in [4.69, 9.17) is 37.8 Å². The van der Waals surface area contributed by atoms with Gasteiger partial charge in [-0.1, -0.05) is 29.3 Å². The van der Waals surface area contributed by atoms with Crippen molar-refractivity contribution in [2.75, 3.05) is 25.2 Å². The first kappa shape index (κ1) is 36.4. The van der Waals surface area contributed by atoms with Crippen LogP contribution in [0.15, 0.2) is 36.4 Å². The Morgan fingerprint density at radius 3 is 2.32 bits per heavy atom. The van der Waals surface area contributed by atoms with E-state index in [0.717, 1.165) is 60.9 Å². The van der Waals surface area contributed by atoms with Crippen molar-refractivity contribution in [2.45, 2.75) is 60.4 Å². The van der Waals surface area contributed by atoms with Gasteiger partial charge in [-0.3, -0.25) is 9.48 Å². The Kier molecular flexibility index (Phi) is 9.27. The molecule has 1 aliphatic rings. The fraction of sp³-hybridized carbons (Fsp3) is 0.341. The summed E-state index contributed by atoms with van der Waals surface area (Å²) in [5.41, 5.74) is 9.88. The standard InChI is InChI=1S/C41H43Cl2N5O5/c1-20-17-26(18-21(2)35(20)43)53-16-10-11-27-28-12-13-29(42)34(33-24(5)44-46(8)25(33)6)37(28)48-22(3)19-47(40(49)38(27)48)30-14-15-31(52-9)32-23(4)36(41(50)51)45(7)39(30)32/h12-15,17-18,22H,10-11,16,19H2,1-9H3,(H,50,51)/t22-/m1/s1. The van der Waals surface area contributed by atoms with Gasteiger partial charge in [0.1, 0.15) is 22.9 Å². The van der Waals surface area contributed by atoms with Gasteiger partial charge in [0.05, 0.1) is 41.2 Å². The SMILES string of the molecule is COc1ccc(N2C[C@@H](C)n3c(c(CCCOc4cc(C)c(Cl)c(C)c4)c4ccc(Cl)c(-c5c(C)nn(C)c5C)c43)C2=O)c2c1c(C)c(C(=O)O)n2C. The van der Waals surface area contributed by atoms with Crippen LogP contribution in [0.25, 0.3) is 32.9 Å². The number of halogens is 2. The van der Waals surface area contributed by atoms with Gasteiger partial charge in [-0.05, 0) is 107 Å². The second kappa shape index (κ2) is 13.5. The third-order valence-electron chi connectivity index (χ3n) is 10.8. The summed E-state index contributed by atoms with van der Waals surface area (Å²) in [6.07, 6.45) is 1.20. The third kappa shape index (κ3) is 5.65. The molecule has 0 saturated carbocycles. The lowest BCUT2D eigenvalue weighted by Crippen LogP contribution is -2.43. The number of carbonyl (C=O) groups is 2. The number of methoxy groups -OCH3 is 1. The monoisotopic (exact) mass is 755 g/mol. The lowest BCUT2D eigenvalue weighted by Gasteiger charge is -2.35. The molecule has 1 N–H and O–H groups in total. The van der Waals surface area contributed by atoms with E-state index in [1.807, 2.05) is 75.8 Å². The van der Waals surface area contributed by atoms with Crippen LogP contribution in [0.1, 0.15) is 74.0 Å². The molecule has 0 fully saturated rings. The van der Waals surface area contributed by atoms with E-state index in [1.54, 1.807) is 30.5 Å². The van der Waals surface area contributed by atoms with Gasteiger partial charge in [-0.15, -0.1) is 0 Å². The first-order valence-electron chi connectivity index (χ1n) is 17.6. The minimum atomic E-state index is -1.05. The first-order valence-corrected chi connectivity index (χ1v) is 18.4. The molecule has 276 valence electrons. The molecule has 0 unspecified atom stereocenters. The molecule has 0 bridgehead atoms. The minimum absolute atomic E-state index is 0.144. The van der Waals surface area contributed by atoms with E-state index in [9.17, 15) is 9.90 Å². The van der Waals surface area contributed by atoms with Crippen LogP contribution in [0.3, 0.4) is 0 Å².